The summed E-state index contributed by atoms with van der Waals surface area (Å²) in [5.74, 6) is -0.232. The quantitative estimate of drug-likeness (QED) is 0.806. The molecule has 0 aliphatic carbocycles. The molecule has 0 spiro atoms. The molecule has 2 atom stereocenters. The Balaban J connectivity index is 2.00. The van der Waals surface area contributed by atoms with Crippen molar-refractivity contribution in [3.63, 3.8) is 0 Å². The number of ether oxygens (including phenoxy) is 1. The van der Waals surface area contributed by atoms with Gasteiger partial charge in [0.25, 0.3) is 0 Å². The lowest BCUT2D eigenvalue weighted by atomic mass is 9.96. The van der Waals surface area contributed by atoms with Crippen LogP contribution in [0.5, 0.6) is 0 Å². The molecule has 0 unspecified atom stereocenters. The number of rotatable bonds is 5. The van der Waals surface area contributed by atoms with Gasteiger partial charge >= 0.3 is 0 Å². The minimum absolute atomic E-state index is 0.0226. The van der Waals surface area contributed by atoms with Crippen LogP contribution in [0.15, 0.2) is 12.4 Å². The maximum atomic E-state index is 12.3. The van der Waals surface area contributed by atoms with Crippen molar-refractivity contribution in [2.45, 2.75) is 13.5 Å². The lowest BCUT2D eigenvalue weighted by molar-refractivity contribution is -0.131. The summed E-state index contributed by atoms with van der Waals surface area (Å²) in [4.78, 5) is 26.0. The second-order valence-electron chi connectivity index (χ2n) is 5.45. The van der Waals surface area contributed by atoms with Crippen molar-refractivity contribution in [2.75, 3.05) is 33.9 Å². The standard InChI is InChI=1S/C14H22N4O3/c1-10-4-16-18(5-10)8-13(19)17-6-11(9-21-3)12(7-17)14(20)15-2/h4-5,11-12H,6-9H2,1-3H3,(H,15,20)/t11-,12+/m0/s1. The van der Waals surface area contributed by atoms with Gasteiger partial charge in [-0.25, -0.2) is 0 Å². The number of methoxy groups -OCH3 is 1. The van der Waals surface area contributed by atoms with Gasteiger partial charge in [0, 0.05) is 39.4 Å². The number of likely N-dealkylation sites (tertiary alicyclic amines) is 1. The van der Waals surface area contributed by atoms with Crippen LogP contribution in [0.3, 0.4) is 0 Å². The normalized spacial score (nSPS) is 21.6. The van der Waals surface area contributed by atoms with Gasteiger partial charge in [-0.15, -0.1) is 0 Å². The minimum atomic E-state index is -0.210. The number of amides is 2. The van der Waals surface area contributed by atoms with Gasteiger partial charge in [-0.1, -0.05) is 0 Å². The molecule has 21 heavy (non-hydrogen) atoms. The summed E-state index contributed by atoms with van der Waals surface area (Å²) in [6, 6.07) is 0. The van der Waals surface area contributed by atoms with Crippen LogP contribution in [0.4, 0.5) is 0 Å². The summed E-state index contributed by atoms with van der Waals surface area (Å²) in [5.41, 5.74) is 1.02. The van der Waals surface area contributed by atoms with E-state index in [1.807, 2.05) is 13.1 Å². The second-order valence-corrected chi connectivity index (χ2v) is 5.45. The first-order valence-corrected chi connectivity index (χ1v) is 7.02. The van der Waals surface area contributed by atoms with Gasteiger partial charge in [0.2, 0.25) is 11.8 Å². The molecule has 0 radical (unpaired) electrons. The van der Waals surface area contributed by atoms with Crippen LogP contribution in [-0.4, -0.2) is 60.3 Å². The molecule has 1 aliphatic heterocycles. The van der Waals surface area contributed by atoms with E-state index in [1.165, 1.54) is 0 Å². The van der Waals surface area contributed by atoms with Crippen LogP contribution in [0.25, 0.3) is 0 Å². The van der Waals surface area contributed by atoms with Gasteiger partial charge in [0.15, 0.2) is 0 Å². The Morgan fingerprint density at radius 1 is 1.48 bits per heavy atom. The molecule has 7 heteroatoms. The van der Waals surface area contributed by atoms with Gasteiger partial charge < -0.3 is 15.0 Å². The molecule has 2 amide bonds. The van der Waals surface area contributed by atoms with E-state index in [0.29, 0.717) is 19.7 Å². The predicted octanol–water partition coefficient (Wildman–Crippen LogP) is -0.341. The van der Waals surface area contributed by atoms with Gasteiger partial charge in [0.1, 0.15) is 6.54 Å². The molecule has 2 rings (SSSR count). The first kappa shape index (κ1) is 15.5. The van der Waals surface area contributed by atoms with Crippen LogP contribution in [0.1, 0.15) is 5.56 Å². The van der Waals surface area contributed by atoms with E-state index in [1.54, 1.807) is 29.9 Å². The van der Waals surface area contributed by atoms with Gasteiger partial charge in [-0.2, -0.15) is 5.10 Å². The molecular formula is C14H22N4O3. The molecular weight excluding hydrogens is 272 g/mol. The zero-order chi connectivity index (χ0) is 15.4. The topological polar surface area (TPSA) is 76.5 Å². The lowest BCUT2D eigenvalue weighted by Gasteiger charge is -2.16. The van der Waals surface area contributed by atoms with Gasteiger partial charge in [0.05, 0.1) is 18.7 Å². The number of aryl methyl sites for hydroxylation is 1. The Hall–Kier alpha value is -1.89. The third-order valence-corrected chi connectivity index (χ3v) is 3.82. The van der Waals surface area contributed by atoms with Crippen molar-refractivity contribution in [1.82, 2.24) is 20.0 Å². The van der Waals surface area contributed by atoms with Crippen LogP contribution >= 0.6 is 0 Å². The van der Waals surface area contributed by atoms with E-state index in [-0.39, 0.29) is 30.2 Å². The highest BCUT2D eigenvalue weighted by molar-refractivity contribution is 5.82. The smallest absolute Gasteiger partial charge is 0.244 e. The first-order chi connectivity index (χ1) is 10.0. The molecule has 1 aromatic rings. The third-order valence-electron chi connectivity index (χ3n) is 3.82. The molecule has 1 saturated heterocycles. The third kappa shape index (κ3) is 3.60. The molecule has 7 nitrogen and oxygen atoms in total. The highest BCUT2D eigenvalue weighted by Gasteiger charge is 2.39. The fraction of sp³-hybridized carbons (Fsp3) is 0.643. The Kier molecular flexibility index (Phi) is 4.95. The average Bonchev–Trinajstić information content (AvgIpc) is 3.05. The Bertz CT molecular complexity index is 514. The van der Waals surface area contributed by atoms with Crippen LogP contribution < -0.4 is 5.32 Å². The van der Waals surface area contributed by atoms with Gasteiger partial charge in [-0.3, -0.25) is 14.3 Å². The maximum absolute atomic E-state index is 12.3. The second kappa shape index (κ2) is 6.71. The van der Waals surface area contributed by atoms with E-state index in [9.17, 15) is 9.59 Å². The largest absolute Gasteiger partial charge is 0.384 e. The fourth-order valence-corrected chi connectivity index (χ4v) is 2.73. The monoisotopic (exact) mass is 294 g/mol. The SMILES string of the molecule is CNC(=O)[C@@H]1CN(C(=O)Cn2cc(C)cn2)C[C@H]1COC. The predicted molar refractivity (Wildman–Crippen MR) is 76.5 cm³/mol. The number of carbonyl (C=O) groups excluding carboxylic acids is 2. The van der Waals surface area contributed by atoms with Crippen molar-refractivity contribution >= 4 is 11.8 Å². The van der Waals surface area contributed by atoms with E-state index in [4.69, 9.17) is 4.74 Å². The highest BCUT2D eigenvalue weighted by atomic mass is 16.5. The number of hydrogen-bond acceptors (Lipinski definition) is 4. The number of hydrogen-bond donors (Lipinski definition) is 1. The molecule has 1 N–H and O–H groups in total. The Labute approximate surface area is 124 Å². The first-order valence-electron chi connectivity index (χ1n) is 7.02. The summed E-state index contributed by atoms with van der Waals surface area (Å²) in [6.07, 6.45) is 3.55. The number of aromatic nitrogens is 2. The molecule has 1 fully saturated rings. The zero-order valence-electron chi connectivity index (χ0n) is 12.7. The molecule has 0 bridgehead atoms. The van der Waals surface area contributed by atoms with Gasteiger partial charge in [-0.05, 0) is 12.5 Å². The Morgan fingerprint density at radius 2 is 2.24 bits per heavy atom. The van der Waals surface area contributed by atoms with Crippen LogP contribution in [-0.2, 0) is 20.9 Å². The van der Waals surface area contributed by atoms with Crippen LogP contribution in [0, 0.1) is 18.8 Å². The molecule has 116 valence electrons. The van der Waals surface area contributed by atoms with E-state index >= 15 is 0 Å². The van der Waals surface area contributed by atoms with Crippen molar-refractivity contribution in [3.05, 3.63) is 18.0 Å². The Morgan fingerprint density at radius 3 is 2.81 bits per heavy atom. The summed E-state index contributed by atoms with van der Waals surface area (Å²) >= 11 is 0. The molecule has 1 aromatic heterocycles. The van der Waals surface area contributed by atoms with Crippen molar-refractivity contribution < 1.29 is 14.3 Å². The fourth-order valence-electron chi connectivity index (χ4n) is 2.73. The average molecular weight is 294 g/mol. The molecule has 0 aromatic carbocycles. The number of nitrogens with zero attached hydrogens (tertiary/aromatic N) is 3. The summed E-state index contributed by atoms with van der Waals surface area (Å²) < 4.78 is 6.79. The molecule has 0 saturated carbocycles. The van der Waals surface area contributed by atoms with Crippen molar-refractivity contribution in [2.24, 2.45) is 11.8 Å². The van der Waals surface area contributed by atoms with E-state index in [0.717, 1.165) is 5.56 Å². The maximum Gasteiger partial charge on any atom is 0.244 e. The zero-order valence-corrected chi connectivity index (χ0v) is 12.7. The minimum Gasteiger partial charge on any atom is -0.384 e. The van der Waals surface area contributed by atoms with Crippen LogP contribution in [0.2, 0.25) is 0 Å². The molecule has 2 heterocycles. The summed E-state index contributed by atoms with van der Waals surface area (Å²) in [6.45, 7) is 3.59. The number of nitrogens with one attached hydrogen (secondary N) is 1. The summed E-state index contributed by atoms with van der Waals surface area (Å²) in [7, 11) is 3.22. The molecule has 1 aliphatic rings. The van der Waals surface area contributed by atoms with Crippen molar-refractivity contribution in [3.8, 4) is 0 Å². The van der Waals surface area contributed by atoms with E-state index < -0.39 is 0 Å². The van der Waals surface area contributed by atoms with Crippen molar-refractivity contribution in [1.29, 1.82) is 0 Å². The highest BCUT2D eigenvalue weighted by Crippen LogP contribution is 2.24. The van der Waals surface area contributed by atoms with E-state index in [2.05, 4.69) is 10.4 Å². The number of carbonyl (C=O) groups is 2. The summed E-state index contributed by atoms with van der Waals surface area (Å²) in [5, 5.41) is 6.78. The lowest BCUT2D eigenvalue weighted by Crippen LogP contribution is -2.35.